The fraction of sp³-hybridized carbons (Fsp3) is 0.727. The Balaban J connectivity index is 1.87. The van der Waals surface area contributed by atoms with Gasteiger partial charge in [-0.3, -0.25) is 19.7 Å². The van der Waals surface area contributed by atoms with Gasteiger partial charge in [-0.2, -0.15) is 0 Å². The molecule has 0 aromatic heterocycles. The highest BCUT2D eigenvalue weighted by Gasteiger charge is 2.69. The molecule has 7 nitrogen and oxygen atoms in total. The van der Waals surface area contributed by atoms with E-state index in [1.807, 2.05) is 0 Å². The molecule has 0 aromatic rings. The van der Waals surface area contributed by atoms with E-state index < -0.39 is 42.1 Å². The number of hydrogen-bond acceptors (Lipinski definition) is 7. The Morgan fingerprint density at radius 1 is 1.11 bits per heavy atom. The van der Waals surface area contributed by atoms with Crippen LogP contribution >= 0.6 is 0 Å². The molecule has 7 heteroatoms. The second-order valence-electron chi connectivity index (χ2n) is 4.79. The summed E-state index contributed by atoms with van der Waals surface area (Å²) in [4.78, 5) is 33.9. The number of fused-ring (bicyclic) bond motifs is 1. The van der Waals surface area contributed by atoms with Crippen LogP contribution in [0, 0.1) is 5.92 Å². The number of nitrogens with one attached hydrogen (secondary N) is 1. The largest absolute Gasteiger partial charge is 0.460 e. The predicted molar refractivity (Wildman–Crippen MR) is 55.2 cm³/mol. The number of rotatable bonds is 2. The van der Waals surface area contributed by atoms with E-state index in [-0.39, 0.29) is 12.1 Å². The minimum absolute atomic E-state index is 0.240. The van der Waals surface area contributed by atoms with Gasteiger partial charge in [0, 0.05) is 13.8 Å². The molecule has 2 bridgehead atoms. The Hall–Kier alpha value is -1.63. The zero-order chi connectivity index (χ0) is 13.0. The predicted octanol–water partition coefficient (Wildman–Crippen LogP) is -1.25. The van der Waals surface area contributed by atoms with Gasteiger partial charge in [0.15, 0.2) is 12.2 Å². The van der Waals surface area contributed by atoms with E-state index in [9.17, 15) is 14.4 Å². The van der Waals surface area contributed by atoms with Crippen molar-refractivity contribution in [3.8, 4) is 0 Å². The van der Waals surface area contributed by atoms with Gasteiger partial charge < -0.3 is 14.2 Å². The quantitative estimate of drug-likeness (QED) is 0.486. The second-order valence-corrected chi connectivity index (χ2v) is 4.79. The van der Waals surface area contributed by atoms with Crippen molar-refractivity contribution in [1.29, 1.82) is 0 Å². The monoisotopic (exact) mass is 255 g/mol. The first-order chi connectivity index (χ1) is 8.49. The van der Waals surface area contributed by atoms with Crippen LogP contribution in [-0.2, 0) is 28.6 Å². The minimum Gasteiger partial charge on any atom is -0.460 e. The van der Waals surface area contributed by atoms with Gasteiger partial charge in [0.2, 0.25) is 0 Å². The fourth-order valence-electron chi connectivity index (χ4n) is 3.14. The lowest BCUT2D eigenvalue weighted by molar-refractivity contribution is -0.159. The third kappa shape index (κ3) is 1.43. The molecule has 0 aromatic carbocycles. The van der Waals surface area contributed by atoms with Crippen LogP contribution in [0.5, 0.6) is 0 Å². The van der Waals surface area contributed by atoms with Gasteiger partial charge in [-0.25, -0.2) is 0 Å². The molecular weight excluding hydrogens is 242 g/mol. The van der Waals surface area contributed by atoms with Crippen LogP contribution in [0.25, 0.3) is 0 Å². The van der Waals surface area contributed by atoms with Crippen LogP contribution in [-0.4, -0.2) is 48.3 Å². The van der Waals surface area contributed by atoms with Gasteiger partial charge in [0.25, 0.3) is 0 Å². The van der Waals surface area contributed by atoms with Crippen molar-refractivity contribution in [1.82, 2.24) is 5.32 Å². The maximum Gasteiger partial charge on any atom is 0.315 e. The van der Waals surface area contributed by atoms with E-state index in [1.165, 1.54) is 13.8 Å². The minimum atomic E-state index is -0.622. The standard InChI is InChI=1S/C11H13NO6/c1-3(13)16-8-5-6-9(18-11(5)15)10(7(8)12-6)17-4(2)14/h5-10,12H,1-2H3. The van der Waals surface area contributed by atoms with Gasteiger partial charge in [0.1, 0.15) is 12.0 Å². The zero-order valence-electron chi connectivity index (χ0n) is 9.91. The van der Waals surface area contributed by atoms with Crippen molar-refractivity contribution in [3.05, 3.63) is 0 Å². The van der Waals surface area contributed by atoms with Crippen molar-refractivity contribution in [2.45, 2.75) is 44.2 Å². The van der Waals surface area contributed by atoms with E-state index in [1.54, 1.807) is 0 Å². The molecule has 0 saturated carbocycles. The van der Waals surface area contributed by atoms with Crippen molar-refractivity contribution in [2.24, 2.45) is 5.92 Å². The van der Waals surface area contributed by atoms with Crippen LogP contribution in [0.2, 0.25) is 0 Å². The van der Waals surface area contributed by atoms with Crippen molar-refractivity contribution in [3.63, 3.8) is 0 Å². The Bertz CT molecular complexity index is 435. The first-order valence-corrected chi connectivity index (χ1v) is 5.80. The number of carbonyl (C=O) groups is 3. The van der Waals surface area contributed by atoms with Crippen LogP contribution in [0.1, 0.15) is 13.8 Å². The lowest BCUT2D eigenvalue weighted by atomic mass is 9.85. The molecule has 3 heterocycles. The second kappa shape index (κ2) is 3.68. The lowest BCUT2D eigenvalue weighted by Gasteiger charge is -2.28. The zero-order valence-corrected chi connectivity index (χ0v) is 9.91. The van der Waals surface area contributed by atoms with Crippen molar-refractivity contribution in [2.75, 3.05) is 0 Å². The number of hydrogen-bond donors (Lipinski definition) is 1. The van der Waals surface area contributed by atoms with E-state index in [0.717, 1.165) is 0 Å². The summed E-state index contributed by atoms with van der Waals surface area (Å²) in [6.07, 6.45) is -1.68. The number of ether oxygens (including phenoxy) is 3. The Morgan fingerprint density at radius 2 is 1.72 bits per heavy atom. The summed E-state index contributed by atoms with van der Waals surface area (Å²) in [7, 11) is 0. The van der Waals surface area contributed by atoms with Crippen LogP contribution in [0.15, 0.2) is 0 Å². The maximum atomic E-state index is 11.7. The molecule has 6 atom stereocenters. The summed E-state index contributed by atoms with van der Waals surface area (Å²) in [6, 6.07) is -0.611. The highest BCUT2D eigenvalue weighted by atomic mass is 16.6. The smallest absolute Gasteiger partial charge is 0.315 e. The van der Waals surface area contributed by atoms with Crippen LogP contribution in [0.3, 0.4) is 0 Å². The molecular formula is C11H13NO6. The van der Waals surface area contributed by atoms with Gasteiger partial charge in [-0.15, -0.1) is 0 Å². The maximum absolute atomic E-state index is 11.7. The fourth-order valence-corrected chi connectivity index (χ4v) is 3.14. The summed E-state index contributed by atoms with van der Waals surface area (Å²) < 4.78 is 15.5. The van der Waals surface area contributed by atoms with Gasteiger partial charge >= 0.3 is 17.9 Å². The van der Waals surface area contributed by atoms with E-state index in [0.29, 0.717) is 0 Å². The SMILES string of the molecule is CC(=O)OC1C2NC3C1OC(=O)C3C2OC(C)=O. The summed E-state index contributed by atoms with van der Waals surface area (Å²) >= 11 is 0. The van der Waals surface area contributed by atoms with Crippen molar-refractivity contribution < 1.29 is 28.6 Å². The van der Waals surface area contributed by atoms with Crippen LogP contribution < -0.4 is 5.32 Å². The lowest BCUT2D eigenvalue weighted by Crippen LogP contribution is -2.49. The first kappa shape index (κ1) is 11.5. The third-order valence-electron chi connectivity index (χ3n) is 3.64. The molecule has 3 rings (SSSR count). The molecule has 0 aliphatic carbocycles. The average molecular weight is 255 g/mol. The molecule has 3 aliphatic rings. The molecule has 0 amide bonds. The molecule has 3 aliphatic heterocycles. The molecule has 0 spiro atoms. The highest BCUT2D eigenvalue weighted by Crippen LogP contribution is 2.44. The Kier molecular flexibility index (Phi) is 2.34. The molecule has 3 fully saturated rings. The molecule has 0 radical (unpaired) electrons. The van der Waals surface area contributed by atoms with E-state index in [4.69, 9.17) is 14.2 Å². The summed E-state index contributed by atoms with van der Waals surface area (Å²) in [6.45, 7) is 2.58. The number of carbonyl (C=O) groups excluding carboxylic acids is 3. The molecule has 6 unspecified atom stereocenters. The topological polar surface area (TPSA) is 90.9 Å². The number of esters is 3. The summed E-state index contributed by atoms with van der Waals surface area (Å²) in [5.74, 6) is -1.81. The first-order valence-electron chi connectivity index (χ1n) is 5.80. The molecule has 98 valence electrons. The van der Waals surface area contributed by atoms with Gasteiger partial charge in [-0.1, -0.05) is 0 Å². The van der Waals surface area contributed by atoms with Gasteiger partial charge in [0.05, 0.1) is 12.1 Å². The molecule has 3 saturated heterocycles. The molecule has 1 N–H and O–H groups in total. The molecule has 18 heavy (non-hydrogen) atoms. The Morgan fingerprint density at radius 3 is 2.33 bits per heavy atom. The third-order valence-corrected chi connectivity index (χ3v) is 3.64. The summed E-state index contributed by atoms with van der Waals surface area (Å²) in [5.41, 5.74) is 0. The van der Waals surface area contributed by atoms with Gasteiger partial charge in [-0.05, 0) is 0 Å². The average Bonchev–Trinajstić information content (AvgIpc) is 2.81. The van der Waals surface area contributed by atoms with Crippen molar-refractivity contribution >= 4 is 17.9 Å². The summed E-state index contributed by atoms with van der Waals surface area (Å²) in [5, 5.41) is 3.13. The highest BCUT2D eigenvalue weighted by molar-refractivity contribution is 5.80. The normalized spacial score (nSPS) is 43.8. The van der Waals surface area contributed by atoms with Crippen LogP contribution in [0.4, 0.5) is 0 Å². The Labute approximate surface area is 103 Å². The van der Waals surface area contributed by atoms with E-state index in [2.05, 4.69) is 5.32 Å². The van der Waals surface area contributed by atoms with E-state index >= 15 is 0 Å².